The Morgan fingerprint density at radius 1 is 0.838 bits per heavy atom. The van der Waals surface area contributed by atoms with Crippen molar-refractivity contribution in [3.05, 3.63) is 148 Å². The first kappa shape index (κ1) is 31.2. The summed E-state index contributed by atoms with van der Waals surface area (Å²) in [5, 5.41) is 0. The number of halogens is 2. The van der Waals surface area contributed by atoms with Gasteiger partial charge in [0.05, 0.1) is 0 Å². The van der Waals surface area contributed by atoms with Crippen molar-refractivity contribution in [2.75, 3.05) is 0 Å². The molecule has 0 atom stereocenters. The molecule has 188 valence electrons. The van der Waals surface area contributed by atoms with Crippen molar-refractivity contribution in [2.24, 2.45) is 0 Å². The van der Waals surface area contributed by atoms with Crippen LogP contribution in [0.1, 0.15) is 46.2 Å². The molecule has 4 heteroatoms. The molecule has 0 fully saturated rings. The van der Waals surface area contributed by atoms with Crippen molar-refractivity contribution in [3.8, 4) is 11.1 Å². The van der Waals surface area contributed by atoms with Crippen LogP contribution in [0.15, 0.2) is 115 Å². The Labute approximate surface area is 253 Å². The molecule has 0 bridgehead atoms. The van der Waals surface area contributed by atoms with E-state index in [1.165, 1.54) is 60.1 Å². The summed E-state index contributed by atoms with van der Waals surface area (Å²) in [6, 6.07) is 43.5. The molecular weight excluding hydrogens is 678 g/mol. The van der Waals surface area contributed by atoms with Gasteiger partial charge >= 0.3 is 122 Å². The smallest absolute Gasteiger partial charge is 0.0253 e. The van der Waals surface area contributed by atoms with E-state index in [0.717, 1.165) is 30.3 Å². The van der Waals surface area contributed by atoms with Gasteiger partial charge in [-0.25, -0.2) is 12.1 Å². The van der Waals surface area contributed by atoms with Gasteiger partial charge in [0.1, 0.15) is 0 Å². The number of unbranched alkanes of at least 4 members (excludes halogenated alkanes) is 1. The fraction of sp³-hybridized carbons (Fsp3) is 0.152. The van der Waals surface area contributed by atoms with Crippen molar-refractivity contribution in [3.63, 3.8) is 0 Å². The van der Waals surface area contributed by atoms with E-state index in [4.69, 9.17) is 0 Å². The maximum atomic E-state index is 3.30. The first-order chi connectivity index (χ1) is 17.3. The molecule has 1 aromatic heterocycles. The molecule has 0 N–H and O–H groups in total. The first-order valence-corrected chi connectivity index (χ1v) is 14.8. The van der Waals surface area contributed by atoms with Crippen molar-refractivity contribution in [1.82, 2.24) is 0 Å². The van der Waals surface area contributed by atoms with E-state index in [2.05, 4.69) is 91.9 Å². The summed E-state index contributed by atoms with van der Waals surface area (Å²) in [6.07, 6.45) is 4.88. The van der Waals surface area contributed by atoms with Crippen LogP contribution in [0.2, 0.25) is 0 Å². The summed E-state index contributed by atoms with van der Waals surface area (Å²) in [5.41, 5.74) is 6.90. The normalized spacial score (nSPS) is 10.2. The molecule has 5 aromatic rings. The zero-order valence-corrected chi connectivity index (χ0v) is 26.9. The van der Waals surface area contributed by atoms with Crippen LogP contribution in [-0.2, 0) is 36.7 Å². The summed E-state index contributed by atoms with van der Waals surface area (Å²) in [5.74, 6) is 0. The Morgan fingerprint density at radius 2 is 1.54 bits per heavy atom. The van der Waals surface area contributed by atoms with Gasteiger partial charge in [-0.15, -0.1) is 5.56 Å². The second kappa shape index (κ2) is 16.8. The summed E-state index contributed by atoms with van der Waals surface area (Å²) < 4.78 is 1.53. The largest absolute Gasteiger partial charge is 1.00 e. The number of thiophene rings is 1. The van der Waals surface area contributed by atoms with Gasteiger partial charge in [-0.3, -0.25) is 0 Å². The predicted octanol–water partition coefficient (Wildman–Crippen LogP) is 2.68. The van der Waals surface area contributed by atoms with E-state index < -0.39 is 0 Å². The van der Waals surface area contributed by atoms with Crippen LogP contribution in [0.5, 0.6) is 0 Å². The molecule has 0 radical (unpaired) electrons. The van der Waals surface area contributed by atoms with Crippen LogP contribution in [0, 0.1) is 6.07 Å². The predicted molar refractivity (Wildman–Crippen MR) is 148 cm³/mol. The molecule has 1 heterocycles. The quantitative estimate of drug-likeness (QED) is 0.191. The summed E-state index contributed by atoms with van der Waals surface area (Å²) in [6.45, 7) is 2.25. The van der Waals surface area contributed by atoms with Gasteiger partial charge in [0.25, 0.3) is 0 Å². The van der Waals surface area contributed by atoms with E-state index in [9.17, 15) is 0 Å². The first-order valence-electron chi connectivity index (χ1n) is 12.2. The van der Waals surface area contributed by atoms with E-state index in [-0.39, 0.29) is 24.8 Å². The zero-order valence-electron chi connectivity index (χ0n) is 21.0. The van der Waals surface area contributed by atoms with Crippen LogP contribution < -0.4 is 24.8 Å². The Morgan fingerprint density at radius 3 is 2.24 bits per heavy atom. The minimum atomic E-state index is 0. The van der Waals surface area contributed by atoms with Crippen molar-refractivity contribution in [2.45, 2.75) is 32.6 Å². The molecule has 1 aliphatic rings. The van der Waals surface area contributed by atoms with Gasteiger partial charge in [0.15, 0.2) is 0 Å². The molecule has 0 aliphatic heterocycles. The van der Waals surface area contributed by atoms with Gasteiger partial charge in [0, 0.05) is 0 Å². The summed E-state index contributed by atoms with van der Waals surface area (Å²) in [7, 11) is 0. The number of fused-ring (bicyclic) bond motifs is 3. The van der Waals surface area contributed by atoms with Gasteiger partial charge in [-0.05, 0) is 6.42 Å². The Bertz CT molecular complexity index is 1260. The van der Waals surface area contributed by atoms with Crippen molar-refractivity contribution >= 4 is 14.6 Å². The molecule has 0 saturated heterocycles. The topological polar surface area (TPSA) is 0 Å². The van der Waals surface area contributed by atoms with E-state index in [1.807, 2.05) is 47.7 Å². The monoisotopic (exact) mass is 708 g/mol. The zero-order chi connectivity index (χ0) is 24.3. The third kappa shape index (κ3) is 9.07. The molecule has 6 rings (SSSR count). The molecule has 37 heavy (non-hydrogen) atoms. The van der Waals surface area contributed by atoms with Gasteiger partial charge < -0.3 is 24.8 Å². The molecule has 0 nitrogen and oxygen atoms in total. The number of aryl methyl sites for hydroxylation is 1. The van der Waals surface area contributed by atoms with Crippen LogP contribution in [0.4, 0.5) is 0 Å². The Hall–Kier alpha value is -1.97. The summed E-state index contributed by atoms with van der Waals surface area (Å²) in [4.78, 5) is 3.00. The standard InChI is InChI=1S/C15H16S.C13H9.C5H5.2ClH.Hf/c1-2-3-9-14-10-11-15(16-14)12-13-7-5-4-6-8-13;1-3-7-12-10(5-1)9-11-6-2-4-8-13(11)12;1-2-4-5-3-1;;;/h4-8,10-11H,2-3,9H2,1H3;1-5,7-8H,9H2;1-5H;2*1H;/q;2*-1;;;+2/p-2. The van der Waals surface area contributed by atoms with Crippen LogP contribution >= 0.6 is 11.3 Å². The van der Waals surface area contributed by atoms with Gasteiger partial charge in [0.2, 0.25) is 0 Å². The molecule has 4 aromatic carbocycles. The average molecular weight is 708 g/mol. The molecule has 0 amide bonds. The average Bonchev–Trinajstić information content (AvgIpc) is 3.70. The SMILES string of the molecule is CCCCc1ccc([C](=[Hf+2])c2ccccc2)s1.[Cl-].[Cl-].[c-]1cccc2c1Cc1ccccc1-2.c1cc[cH-]c1. The van der Waals surface area contributed by atoms with Crippen LogP contribution in [0.25, 0.3) is 11.1 Å². The number of hydrogen-bond acceptors (Lipinski definition) is 1. The third-order valence-corrected chi connectivity index (χ3v) is 9.74. The molecule has 1 aliphatic carbocycles. The van der Waals surface area contributed by atoms with E-state index in [0.29, 0.717) is 0 Å². The fourth-order valence-corrected chi connectivity index (χ4v) is 6.53. The number of benzene rings is 3. The van der Waals surface area contributed by atoms with Crippen LogP contribution in [-0.4, -0.2) is 3.26 Å². The maximum Gasteiger partial charge on any atom is -0.0253 e. The second-order valence-corrected chi connectivity index (χ2v) is 11.4. The third-order valence-electron chi connectivity index (χ3n) is 5.92. The maximum absolute atomic E-state index is 3.30. The number of rotatable bonds is 5. The number of hydrogen-bond donors (Lipinski definition) is 0. The summed E-state index contributed by atoms with van der Waals surface area (Å²) >= 11 is 3.08. The minimum Gasteiger partial charge on any atom is -1.00 e. The van der Waals surface area contributed by atoms with Crippen molar-refractivity contribution < 1.29 is 48.7 Å². The van der Waals surface area contributed by atoms with Gasteiger partial charge in [-0.2, -0.15) is 48.0 Å². The van der Waals surface area contributed by atoms with E-state index >= 15 is 0 Å². The van der Waals surface area contributed by atoms with Crippen molar-refractivity contribution in [1.29, 1.82) is 0 Å². The molecule has 0 unspecified atom stereocenters. The molecular formula is C33H30Cl2HfS-2. The molecule has 0 saturated carbocycles. The molecule has 0 spiro atoms. The van der Waals surface area contributed by atoms with E-state index in [1.54, 1.807) is 0 Å². The fourth-order valence-electron chi connectivity index (χ4n) is 4.06. The minimum absolute atomic E-state index is 0. The van der Waals surface area contributed by atoms with Gasteiger partial charge in [-0.1, -0.05) is 35.4 Å². The Balaban J connectivity index is 0.000000213. The Kier molecular flexibility index (Phi) is 14.2. The second-order valence-electron chi connectivity index (χ2n) is 8.47. The van der Waals surface area contributed by atoms with Crippen LogP contribution in [0.3, 0.4) is 0 Å².